The van der Waals surface area contributed by atoms with Gasteiger partial charge in [0.05, 0.1) is 67.8 Å². The largest absolute Gasteiger partial charge is 0.480 e. The van der Waals surface area contributed by atoms with E-state index < -0.39 is 121 Å². The Balaban J connectivity index is 0.929. The number of imide groups is 1. The Morgan fingerprint density at radius 2 is 1.60 bits per heavy atom. The molecular weight excluding hydrogens is 1040 g/mol. The number of esters is 1. The Hall–Kier alpha value is -8.71. The van der Waals surface area contributed by atoms with Crippen LogP contribution in [0.2, 0.25) is 0 Å². The highest BCUT2D eigenvalue weighted by molar-refractivity contribution is 6.12. The molecule has 0 spiro atoms. The van der Waals surface area contributed by atoms with E-state index in [1.165, 1.54) is 33.8 Å². The lowest BCUT2D eigenvalue weighted by atomic mass is 9.81. The summed E-state index contributed by atoms with van der Waals surface area (Å²) in [6, 6.07) is 9.22. The zero-order chi connectivity index (χ0) is 57.6. The molecule has 0 bridgehead atoms. The van der Waals surface area contributed by atoms with Crippen molar-refractivity contribution in [3.8, 4) is 11.4 Å². The highest BCUT2D eigenvalue weighted by Crippen LogP contribution is 2.46. The Kier molecular flexibility index (Phi) is 17.6. The van der Waals surface area contributed by atoms with Gasteiger partial charge in [-0.1, -0.05) is 43.7 Å². The third-order valence-corrected chi connectivity index (χ3v) is 14.8. The van der Waals surface area contributed by atoms with Gasteiger partial charge in [-0.15, -0.1) is 0 Å². The third-order valence-electron chi connectivity index (χ3n) is 14.8. The van der Waals surface area contributed by atoms with E-state index in [0.717, 1.165) is 9.80 Å². The van der Waals surface area contributed by atoms with Gasteiger partial charge in [-0.2, -0.15) is 0 Å². The van der Waals surface area contributed by atoms with Crippen LogP contribution in [-0.4, -0.2) is 152 Å². The summed E-state index contributed by atoms with van der Waals surface area (Å²) in [4.78, 5) is 150. The number of aliphatic carboxylic acids is 1. The summed E-state index contributed by atoms with van der Waals surface area (Å²) in [5.41, 5.74) is 6.70. The average Bonchev–Trinajstić information content (AvgIpc) is 4.02. The molecule has 5 heterocycles. The summed E-state index contributed by atoms with van der Waals surface area (Å²) < 4.78 is 22.2. The lowest BCUT2D eigenvalue weighted by Gasteiger charge is -2.31. The van der Waals surface area contributed by atoms with Gasteiger partial charge in [-0.05, 0) is 67.3 Å². The number of hydrogen-bond donors (Lipinski definition) is 7. The van der Waals surface area contributed by atoms with E-state index in [-0.39, 0.29) is 86.5 Å². The number of unbranched alkanes of at least 4 members (excludes halogenated alkanes) is 2. The van der Waals surface area contributed by atoms with E-state index in [4.69, 9.17) is 15.5 Å². The fraction of sp³-hybridized carbons (Fsp3) is 0.418. The number of carboxylic acid groups (broad SMARTS) is 1. The van der Waals surface area contributed by atoms with E-state index in [1.807, 2.05) is 0 Å². The molecule has 2 aromatic heterocycles. The molecule has 4 aliphatic rings. The first kappa shape index (κ1) is 57.5. The van der Waals surface area contributed by atoms with Crippen LogP contribution < -0.4 is 32.6 Å². The number of nitrogens with one attached hydrogen (secondary N) is 4. The van der Waals surface area contributed by atoms with E-state index in [1.54, 1.807) is 44.2 Å². The van der Waals surface area contributed by atoms with Gasteiger partial charge in [0, 0.05) is 67.2 Å². The molecule has 8 rings (SSSR count). The number of fused-ring (bicyclic) bond motifs is 5. The Morgan fingerprint density at radius 3 is 2.30 bits per heavy atom. The molecule has 8 amide bonds. The van der Waals surface area contributed by atoms with Crippen LogP contribution in [0.3, 0.4) is 0 Å². The predicted molar refractivity (Wildman–Crippen MR) is 281 cm³/mol. The number of aliphatic hydroxyl groups is 1. The van der Waals surface area contributed by atoms with Crippen molar-refractivity contribution in [3.63, 3.8) is 0 Å². The molecule has 0 saturated heterocycles. The lowest BCUT2D eigenvalue weighted by Crippen LogP contribution is -2.55. The smallest absolute Gasteiger partial charge is 0.343 e. The number of halogens is 1. The molecule has 0 fully saturated rings. The Morgan fingerprint density at radius 1 is 0.887 bits per heavy atom. The second-order valence-electron chi connectivity index (χ2n) is 20.1. The number of ether oxygens (including phenoxy) is 1. The van der Waals surface area contributed by atoms with Crippen molar-refractivity contribution in [2.45, 2.75) is 96.1 Å². The van der Waals surface area contributed by atoms with E-state index in [9.17, 15) is 63.0 Å². The molecule has 4 aromatic rings. The molecule has 0 unspecified atom stereocenters. The number of aryl methyl sites for hydroxylation is 1. The molecule has 0 saturated carbocycles. The Labute approximate surface area is 456 Å². The van der Waals surface area contributed by atoms with Crippen LogP contribution in [0.4, 0.5) is 4.39 Å². The van der Waals surface area contributed by atoms with Gasteiger partial charge in [-0.25, -0.2) is 14.2 Å². The minimum atomic E-state index is -2.11. The number of aromatic nitrogens is 2. The highest BCUT2D eigenvalue weighted by Gasteiger charge is 2.46. The van der Waals surface area contributed by atoms with Crippen LogP contribution in [0.5, 0.6) is 0 Å². The second kappa shape index (κ2) is 24.5. The van der Waals surface area contributed by atoms with Gasteiger partial charge in [0.1, 0.15) is 18.5 Å². The van der Waals surface area contributed by atoms with Crippen molar-refractivity contribution >= 4 is 70.1 Å². The standard InChI is InChI=1S/C55H61FN10O14/c1-3-55(79)35-21-40-51-33(25-66(40)52(76)34(35)29-80-54(55)78)50-37(14-13-32-30(2)36(56)22-38(62-51)49(32)50)60-45(71)27-63(28-48(74)75)18-19-64(26-41(57)67)53(77)39(20-31-10-6-4-7-11-31)61-44(70)24-59-43(69)23-58-42(68)12-8-5-9-17-65-46(72)15-16-47(65)73/h4,6-7,10-11,15-16,21-22,37,39,79H,3,5,8-9,12-14,17-20,23-29H2,1-2H3,(H2,57,67)(H,58,68)(H,59,69)(H,60,71)(H,61,70)(H,74,75)/t37-,39-,55-/m0/s1. The summed E-state index contributed by atoms with van der Waals surface area (Å²) in [6.45, 7) is -0.564. The molecule has 80 heavy (non-hydrogen) atoms. The number of carbonyl (C=O) groups is 10. The number of hydrogen-bond acceptors (Lipinski definition) is 15. The topological polar surface area (TPSA) is 339 Å². The van der Waals surface area contributed by atoms with Crippen LogP contribution in [-0.2, 0) is 84.3 Å². The quantitative estimate of drug-likeness (QED) is 0.0226. The summed E-state index contributed by atoms with van der Waals surface area (Å²) in [6.07, 6.45) is 4.30. The van der Waals surface area contributed by atoms with Crippen LogP contribution in [0.25, 0.3) is 22.3 Å². The monoisotopic (exact) mass is 1100 g/mol. The van der Waals surface area contributed by atoms with Gasteiger partial charge in [0.15, 0.2) is 5.60 Å². The summed E-state index contributed by atoms with van der Waals surface area (Å²) in [5.74, 6) is -7.87. The number of rotatable bonds is 25. The number of cyclic esters (lactones) is 1. The molecule has 8 N–H and O–H groups in total. The van der Waals surface area contributed by atoms with Gasteiger partial charge < -0.3 is 51.4 Å². The number of primary amides is 1. The molecule has 1 aliphatic carbocycles. The SMILES string of the molecule is CC[C@@]1(O)C(=O)OCc2c1cc1n(c2=O)Cc2c-1nc1cc(F)c(C)c3c1c2[C@@H](NC(=O)CN(CCN(CC(N)=O)C(=O)[C@H](Cc1ccccc1)NC(=O)CNC(=O)CNC(=O)CCCCCN1C(=O)C=CC1=O)CC(=O)O)CC3. The molecule has 422 valence electrons. The maximum absolute atomic E-state index is 15.6. The molecular formula is C55H61FN10O14. The van der Waals surface area contributed by atoms with Crippen molar-refractivity contribution in [2.24, 2.45) is 5.73 Å². The van der Waals surface area contributed by atoms with Crippen molar-refractivity contribution in [3.05, 3.63) is 110 Å². The first-order chi connectivity index (χ1) is 38.2. The minimum absolute atomic E-state index is 0.0247. The summed E-state index contributed by atoms with van der Waals surface area (Å²) >= 11 is 0. The number of benzene rings is 2. The molecule has 2 aromatic carbocycles. The lowest BCUT2D eigenvalue weighted by molar-refractivity contribution is -0.172. The third kappa shape index (κ3) is 12.6. The summed E-state index contributed by atoms with van der Waals surface area (Å²) in [7, 11) is 0. The number of carbonyl (C=O) groups excluding carboxylic acids is 9. The fourth-order valence-electron chi connectivity index (χ4n) is 10.7. The number of carboxylic acids is 1. The zero-order valence-corrected chi connectivity index (χ0v) is 44.1. The van der Waals surface area contributed by atoms with E-state index in [2.05, 4.69) is 21.3 Å². The maximum atomic E-state index is 15.6. The molecule has 3 aliphatic heterocycles. The van der Waals surface area contributed by atoms with Gasteiger partial charge in [0.25, 0.3) is 17.4 Å². The minimum Gasteiger partial charge on any atom is -0.480 e. The zero-order valence-electron chi connectivity index (χ0n) is 44.1. The fourth-order valence-corrected chi connectivity index (χ4v) is 10.7. The van der Waals surface area contributed by atoms with Crippen LogP contribution in [0.1, 0.15) is 90.4 Å². The average molecular weight is 1110 g/mol. The number of nitrogens with zero attached hydrogens (tertiary/aromatic N) is 5. The molecule has 24 nitrogen and oxygen atoms in total. The normalized spacial score (nSPS) is 17.1. The van der Waals surface area contributed by atoms with Crippen LogP contribution in [0.15, 0.2) is 59.4 Å². The number of amides is 8. The summed E-state index contributed by atoms with van der Waals surface area (Å²) in [5, 5.41) is 32.5. The van der Waals surface area contributed by atoms with Gasteiger partial charge in [-0.3, -0.25) is 57.7 Å². The number of pyridine rings is 2. The van der Waals surface area contributed by atoms with Gasteiger partial charge in [0.2, 0.25) is 35.4 Å². The van der Waals surface area contributed by atoms with Crippen molar-refractivity contribution < 1.29 is 67.3 Å². The molecule has 3 atom stereocenters. The predicted octanol–water partition coefficient (Wildman–Crippen LogP) is -0.224. The van der Waals surface area contributed by atoms with Crippen molar-refractivity contribution in [1.82, 2.24) is 45.5 Å². The molecule has 25 heteroatoms. The van der Waals surface area contributed by atoms with E-state index in [0.29, 0.717) is 58.9 Å². The maximum Gasteiger partial charge on any atom is 0.343 e. The number of nitrogens with two attached hydrogens (primary N) is 1. The van der Waals surface area contributed by atoms with Crippen LogP contribution >= 0.6 is 0 Å². The Bertz CT molecular complexity index is 3290. The van der Waals surface area contributed by atoms with E-state index >= 15 is 4.39 Å². The first-order valence-corrected chi connectivity index (χ1v) is 26.2. The van der Waals surface area contributed by atoms with Crippen LogP contribution in [0, 0.1) is 12.7 Å². The highest BCUT2D eigenvalue weighted by atomic mass is 19.1. The van der Waals surface area contributed by atoms with Gasteiger partial charge >= 0.3 is 11.9 Å². The van der Waals surface area contributed by atoms with Crippen molar-refractivity contribution in [1.29, 1.82) is 0 Å². The van der Waals surface area contributed by atoms with Crippen molar-refractivity contribution in [2.75, 3.05) is 52.4 Å². The second-order valence-corrected chi connectivity index (χ2v) is 20.1. The molecule has 0 radical (unpaired) electrons. The first-order valence-electron chi connectivity index (χ1n) is 26.2.